The molecule has 11 nitrogen and oxygen atoms in total. The Balaban J connectivity index is 1.73. The van der Waals surface area contributed by atoms with Gasteiger partial charge in [-0.1, -0.05) is 39.7 Å². The number of carbonyl (C=O) groups excluding carboxylic acids is 2. The number of hydrogen-bond acceptors (Lipinski definition) is 10. The number of amides is 1. The molecule has 0 bridgehead atoms. The van der Waals surface area contributed by atoms with E-state index in [0.29, 0.717) is 24.0 Å². The molecule has 0 radical (unpaired) electrons. The fourth-order valence-corrected chi connectivity index (χ4v) is 6.11. The standard InChI is InChI=1S/C32H49NO10/c1-9-18(10-15(2)3)28(38)29(39)33-30(41-8)24-14-25(37)32(6,7)26(42-24)13-21(35)17(5)23-11-19-16(4)20(34)12-22(36)27(19)31(40)43-23/h12,17-18,21,23-26,28,30,34-38H,2,9-11,13-14H2,1,3-8H3,(H,33,39). The maximum atomic E-state index is 12.9. The van der Waals surface area contributed by atoms with Gasteiger partial charge in [0.1, 0.15) is 35.4 Å². The lowest BCUT2D eigenvalue weighted by molar-refractivity contribution is -0.217. The lowest BCUT2D eigenvalue weighted by Crippen LogP contribution is -2.59. The summed E-state index contributed by atoms with van der Waals surface area (Å²) < 4.78 is 17.5. The first-order valence-corrected chi connectivity index (χ1v) is 15.0. The van der Waals surface area contributed by atoms with Gasteiger partial charge in [0, 0.05) is 43.8 Å². The quantitative estimate of drug-likeness (QED) is 0.118. The highest BCUT2D eigenvalue weighted by molar-refractivity contribution is 5.96. The summed E-state index contributed by atoms with van der Waals surface area (Å²) in [6, 6.07) is 1.11. The number of aliphatic hydroxyl groups is 3. The van der Waals surface area contributed by atoms with Gasteiger partial charge in [-0.2, -0.15) is 0 Å². The number of phenolic OH excluding ortho intramolecular Hbond substituents is 2. The van der Waals surface area contributed by atoms with Gasteiger partial charge < -0.3 is 45.1 Å². The highest BCUT2D eigenvalue weighted by atomic mass is 16.6. The monoisotopic (exact) mass is 607 g/mol. The summed E-state index contributed by atoms with van der Waals surface area (Å²) in [6.45, 7) is 14.7. The minimum absolute atomic E-state index is 0.0126. The van der Waals surface area contributed by atoms with Crippen LogP contribution in [0.3, 0.4) is 0 Å². The van der Waals surface area contributed by atoms with Crippen LogP contribution >= 0.6 is 0 Å². The van der Waals surface area contributed by atoms with Crippen LogP contribution in [-0.2, 0) is 25.4 Å². The molecule has 6 N–H and O–H groups in total. The minimum Gasteiger partial charge on any atom is -0.508 e. The van der Waals surface area contributed by atoms with Gasteiger partial charge in [-0.3, -0.25) is 4.79 Å². The Morgan fingerprint density at radius 1 is 1.23 bits per heavy atom. The fourth-order valence-electron chi connectivity index (χ4n) is 6.11. The van der Waals surface area contributed by atoms with Crippen molar-refractivity contribution in [2.75, 3.05) is 7.11 Å². The van der Waals surface area contributed by atoms with E-state index in [1.54, 1.807) is 13.8 Å². The van der Waals surface area contributed by atoms with Crippen LogP contribution < -0.4 is 5.32 Å². The second-order valence-electron chi connectivity index (χ2n) is 12.9. The molecule has 0 aliphatic carbocycles. The lowest BCUT2D eigenvalue weighted by Gasteiger charge is -2.48. The van der Waals surface area contributed by atoms with Crippen molar-refractivity contribution in [3.8, 4) is 11.5 Å². The first-order valence-electron chi connectivity index (χ1n) is 15.0. The highest BCUT2D eigenvalue weighted by Gasteiger charge is 2.48. The predicted molar refractivity (Wildman–Crippen MR) is 158 cm³/mol. The van der Waals surface area contributed by atoms with Gasteiger partial charge in [0.05, 0.1) is 18.3 Å². The number of hydrogen-bond donors (Lipinski definition) is 6. The van der Waals surface area contributed by atoms with E-state index in [1.807, 2.05) is 27.7 Å². The molecule has 2 aliphatic heterocycles. The largest absolute Gasteiger partial charge is 0.508 e. The summed E-state index contributed by atoms with van der Waals surface area (Å²) in [6.07, 6.45) is -4.82. The van der Waals surface area contributed by atoms with Crippen molar-refractivity contribution in [3.05, 3.63) is 34.9 Å². The fraction of sp³-hybridized carbons (Fsp3) is 0.688. The summed E-state index contributed by atoms with van der Waals surface area (Å²) in [5.74, 6) is -2.71. The van der Waals surface area contributed by atoms with Gasteiger partial charge in [-0.05, 0) is 37.3 Å². The number of nitrogens with one attached hydrogen (secondary N) is 1. The third kappa shape index (κ3) is 7.51. The van der Waals surface area contributed by atoms with E-state index in [1.165, 1.54) is 7.11 Å². The van der Waals surface area contributed by atoms with Crippen molar-refractivity contribution in [2.45, 2.75) is 116 Å². The molecule has 1 aromatic carbocycles. The van der Waals surface area contributed by atoms with Crippen LogP contribution in [0.2, 0.25) is 0 Å². The summed E-state index contributed by atoms with van der Waals surface area (Å²) in [4.78, 5) is 25.7. The van der Waals surface area contributed by atoms with E-state index >= 15 is 0 Å². The number of rotatable bonds is 12. The van der Waals surface area contributed by atoms with Gasteiger partial charge in [-0.25, -0.2) is 4.79 Å². The number of cyclic esters (lactones) is 1. The van der Waals surface area contributed by atoms with Gasteiger partial charge in [0.2, 0.25) is 0 Å². The van der Waals surface area contributed by atoms with Crippen molar-refractivity contribution in [1.82, 2.24) is 5.32 Å². The zero-order chi connectivity index (χ0) is 32.4. The van der Waals surface area contributed by atoms with Crippen LogP contribution in [0.5, 0.6) is 11.5 Å². The van der Waals surface area contributed by atoms with Crippen LogP contribution in [0, 0.1) is 24.2 Å². The van der Waals surface area contributed by atoms with Crippen molar-refractivity contribution in [2.24, 2.45) is 17.3 Å². The third-order valence-electron chi connectivity index (χ3n) is 9.39. The first kappa shape index (κ1) is 34.8. The lowest BCUT2D eigenvalue weighted by atomic mass is 9.73. The van der Waals surface area contributed by atoms with Crippen molar-refractivity contribution in [1.29, 1.82) is 0 Å². The van der Waals surface area contributed by atoms with E-state index in [0.717, 1.165) is 11.6 Å². The molecule has 9 atom stereocenters. The molecule has 43 heavy (non-hydrogen) atoms. The minimum atomic E-state index is -1.28. The van der Waals surface area contributed by atoms with Crippen molar-refractivity contribution < 1.29 is 49.3 Å². The molecule has 3 rings (SSSR count). The van der Waals surface area contributed by atoms with Crippen LogP contribution in [0.1, 0.15) is 81.8 Å². The van der Waals surface area contributed by atoms with Gasteiger partial charge >= 0.3 is 5.97 Å². The molecule has 9 unspecified atom stereocenters. The molecular formula is C32H49NO10. The maximum Gasteiger partial charge on any atom is 0.342 e. The molecule has 1 saturated heterocycles. The summed E-state index contributed by atoms with van der Waals surface area (Å²) in [5, 5.41) is 56.2. The molecule has 2 aliphatic rings. The Kier molecular flexibility index (Phi) is 11.3. The number of methoxy groups -OCH3 is 1. The Morgan fingerprint density at radius 3 is 2.47 bits per heavy atom. The smallest absolute Gasteiger partial charge is 0.342 e. The van der Waals surface area contributed by atoms with E-state index in [4.69, 9.17) is 14.2 Å². The first-order chi connectivity index (χ1) is 20.0. The number of esters is 1. The van der Waals surface area contributed by atoms with Gasteiger partial charge in [-0.15, -0.1) is 6.58 Å². The number of benzene rings is 1. The van der Waals surface area contributed by atoms with Crippen LogP contribution in [-0.4, -0.2) is 87.4 Å². The maximum absolute atomic E-state index is 12.9. The molecule has 242 valence electrons. The molecule has 11 heteroatoms. The number of aliphatic hydroxyl groups excluding tert-OH is 3. The Bertz CT molecular complexity index is 1180. The summed E-state index contributed by atoms with van der Waals surface area (Å²) in [5.41, 5.74) is 1.02. The Hall–Kier alpha value is -2.70. The number of ether oxygens (including phenoxy) is 3. The normalized spacial score (nSPS) is 26.8. The van der Waals surface area contributed by atoms with Crippen LogP contribution in [0.15, 0.2) is 18.2 Å². The predicted octanol–water partition coefficient (Wildman–Crippen LogP) is 2.86. The number of fused-ring (bicyclic) bond motifs is 1. The Morgan fingerprint density at radius 2 is 1.88 bits per heavy atom. The van der Waals surface area contributed by atoms with Gasteiger partial charge in [0.15, 0.2) is 6.23 Å². The molecule has 1 aromatic rings. The van der Waals surface area contributed by atoms with Crippen LogP contribution in [0.25, 0.3) is 0 Å². The molecule has 0 aromatic heterocycles. The zero-order valence-electron chi connectivity index (χ0n) is 26.3. The topological polar surface area (TPSA) is 175 Å². The SMILES string of the molecule is C=C(C)CC(CC)C(O)C(=O)NC(OC)C1CC(O)C(C)(C)C(CC(O)C(C)C2Cc3c(C)c(O)cc(O)c3C(=O)O2)O1. The second kappa shape index (κ2) is 13.9. The van der Waals surface area contributed by atoms with Crippen LogP contribution in [0.4, 0.5) is 0 Å². The van der Waals surface area contributed by atoms with E-state index in [-0.39, 0.29) is 42.2 Å². The number of aromatic hydroxyl groups is 2. The van der Waals surface area contributed by atoms with E-state index in [2.05, 4.69) is 11.9 Å². The molecule has 2 heterocycles. The summed E-state index contributed by atoms with van der Waals surface area (Å²) >= 11 is 0. The number of carbonyl (C=O) groups is 2. The number of allylic oxidation sites excluding steroid dienone is 1. The van der Waals surface area contributed by atoms with E-state index < -0.39 is 66.1 Å². The van der Waals surface area contributed by atoms with Crippen molar-refractivity contribution >= 4 is 11.9 Å². The summed E-state index contributed by atoms with van der Waals surface area (Å²) in [7, 11) is 1.40. The zero-order valence-corrected chi connectivity index (χ0v) is 26.3. The molecular weight excluding hydrogens is 558 g/mol. The Labute approximate surface area is 253 Å². The second-order valence-corrected chi connectivity index (χ2v) is 12.9. The molecule has 1 fully saturated rings. The third-order valence-corrected chi connectivity index (χ3v) is 9.39. The molecule has 0 spiro atoms. The van der Waals surface area contributed by atoms with Crippen molar-refractivity contribution in [3.63, 3.8) is 0 Å². The van der Waals surface area contributed by atoms with Gasteiger partial charge in [0.25, 0.3) is 5.91 Å². The number of phenols is 2. The highest BCUT2D eigenvalue weighted by Crippen LogP contribution is 2.42. The average Bonchev–Trinajstić information content (AvgIpc) is 2.94. The average molecular weight is 608 g/mol. The molecule has 1 amide bonds. The molecule has 0 saturated carbocycles. The van der Waals surface area contributed by atoms with E-state index in [9.17, 15) is 35.1 Å².